The predicted molar refractivity (Wildman–Crippen MR) is 87.8 cm³/mol. The SMILES string of the molecule is CC.N#Cc1ccc(C(=O)OCC(=O)Nc2cccc(F)c2)cc1. The molecular formula is C18H17FN2O3. The number of carbonyl (C=O) groups excluding carboxylic acids is 2. The summed E-state index contributed by atoms with van der Waals surface area (Å²) in [5.41, 5.74) is 0.928. The van der Waals surface area contributed by atoms with E-state index < -0.39 is 24.3 Å². The van der Waals surface area contributed by atoms with Crippen LogP contribution in [0.15, 0.2) is 48.5 Å². The van der Waals surface area contributed by atoms with Gasteiger partial charge in [0.15, 0.2) is 6.61 Å². The summed E-state index contributed by atoms with van der Waals surface area (Å²) in [5, 5.41) is 11.1. The maximum absolute atomic E-state index is 13.0. The zero-order valence-corrected chi connectivity index (χ0v) is 13.4. The number of nitrogens with one attached hydrogen (secondary N) is 1. The molecule has 0 radical (unpaired) electrons. The van der Waals surface area contributed by atoms with Crippen LogP contribution in [0.3, 0.4) is 0 Å². The van der Waals surface area contributed by atoms with Crippen molar-refractivity contribution in [3.8, 4) is 6.07 Å². The topological polar surface area (TPSA) is 79.2 Å². The van der Waals surface area contributed by atoms with Crippen molar-refractivity contribution in [2.45, 2.75) is 13.8 Å². The molecule has 24 heavy (non-hydrogen) atoms. The molecule has 0 spiro atoms. The molecule has 5 nitrogen and oxygen atoms in total. The standard InChI is InChI=1S/C16H11FN2O3.C2H6/c17-13-2-1-3-14(8-13)19-15(20)10-22-16(21)12-6-4-11(9-18)5-7-12;1-2/h1-8H,10H2,(H,19,20);1-2H3. The molecule has 1 N–H and O–H groups in total. The normalized spacial score (nSPS) is 9.08. The molecule has 0 aliphatic rings. The third-order valence-corrected chi connectivity index (χ3v) is 2.69. The van der Waals surface area contributed by atoms with Crippen LogP contribution in [-0.4, -0.2) is 18.5 Å². The number of rotatable bonds is 4. The van der Waals surface area contributed by atoms with E-state index in [1.54, 1.807) is 0 Å². The van der Waals surface area contributed by atoms with Crippen molar-refractivity contribution in [2.24, 2.45) is 0 Å². The summed E-state index contributed by atoms with van der Waals surface area (Å²) in [7, 11) is 0. The second kappa shape index (κ2) is 9.74. The van der Waals surface area contributed by atoms with Gasteiger partial charge in [-0.25, -0.2) is 9.18 Å². The minimum Gasteiger partial charge on any atom is -0.452 e. The quantitative estimate of drug-likeness (QED) is 0.871. The van der Waals surface area contributed by atoms with Gasteiger partial charge in [0.25, 0.3) is 5.91 Å². The molecule has 2 rings (SSSR count). The number of anilines is 1. The zero-order chi connectivity index (χ0) is 17.9. The lowest BCUT2D eigenvalue weighted by Crippen LogP contribution is -2.21. The fourth-order valence-electron chi connectivity index (χ4n) is 1.66. The highest BCUT2D eigenvalue weighted by atomic mass is 19.1. The van der Waals surface area contributed by atoms with E-state index in [-0.39, 0.29) is 11.3 Å². The first-order valence-electron chi connectivity index (χ1n) is 7.31. The summed E-state index contributed by atoms with van der Waals surface area (Å²) >= 11 is 0. The smallest absolute Gasteiger partial charge is 0.338 e. The van der Waals surface area contributed by atoms with Gasteiger partial charge in [-0.1, -0.05) is 19.9 Å². The van der Waals surface area contributed by atoms with Crippen LogP contribution in [0.1, 0.15) is 29.8 Å². The second-order valence-corrected chi connectivity index (χ2v) is 4.32. The zero-order valence-electron chi connectivity index (χ0n) is 13.4. The van der Waals surface area contributed by atoms with Crippen molar-refractivity contribution < 1.29 is 18.7 Å². The van der Waals surface area contributed by atoms with E-state index >= 15 is 0 Å². The number of halogens is 1. The first kappa shape index (κ1) is 18.8. The van der Waals surface area contributed by atoms with Gasteiger partial charge in [-0.15, -0.1) is 0 Å². The van der Waals surface area contributed by atoms with E-state index in [2.05, 4.69) is 5.32 Å². The van der Waals surface area contributed by atoms with E-state index in [0.717, 1.165) is 6.07 Å². The molecule has 0 aliphatic carbocycles. The number of nitrogens with zero attached hydrogens (tertiary/aromatic N) is 1. The Hall–Kier alpha value is -3.20. The van der Waals surface area contributed by atoms with Gasteiger partial charge in [0.1, 0.15) is 5.82 Å². The fraction of sp³-hybridized carbons (Fsp3) is 0.167. The summed E-state index contributed by atoms with van der Waals surface area (Å²) in [4.78, 5) is 23.3. The van der Waals surface area contributed by atoms with Crippen LogP contribution >= 0.6 is 0 Å². The molecule has 0 aromatic heterocycles. The van der Waals surface area contributed by atoms with Gasteiger partial charge in [0.05, 0.1) is 17.2 Å². The van der Waals surface area contributed by atoms with Gasteiger partial charge in [0.2, 0.25) is 0 Å². The van der Waals surface area contributed by atoms with Crippen LogP contribution < -0.4 is 5.32 Å². The van der Waals surface area contributed by atoms with E-state index in [0.29, 0.717) is 5.56 Å². The fourth-order valence-corrected chi connectivity index (χ4v) is 1.66. The highest BCUT2D eigenvalue weighted by Crippen LogP contribution is 2.09. The number of hydrogen-bond donors (Lipinski definition) is 1. The lowest BCUT2D eigenvalue weighted by Gasteiger charge is -2.06. The Labute approximate surface area is 139 Å². The van der Waals surface area contributed by atoms with Gasteiger partial charge >= 0.3 is 5.97 Å². The first-order chi connectivity index (χ1) is 11.6. The summed E-state index contributed by atoms with van der Waals surface area (Å²) in [6.45, 7) is 3.51. The molecule has 0 fully saturated rings. The third kappa shape index (κ3) is 5.89. The van der Waals surface area contributed by atoms with Crippen molar-refractivity contribution in [2.75, 3.05) is 11.9 Å². The lowest BCUT2D eigenvalue weighted by atomic mass is 10.1. The minimum atomic E-state index is -0.682. The Morgan fingerprint density at radius 1 is 1.17 bits per heavy atom. The highest BCUT2D eigenvalue weighted by molar-refractivity contribution is 5.95. The van der Waals surface area contributed by atoms with E-state index in [9.17, 15) is 14.0 Å². The molecule has 124 valence electrons. The Morgan fingerprint density at radius 2 is 1.83 bits per heavy atom. The van der Waals surface area contributed by atoms with Crippen LogP contribution in [0, 0.1) is 17.1 Å². The van der Waals surface area contributed by atoms with E-state index in [4.69, 9.17) is 10.00 Å². The van der Waals surface area contributed by atoms with Gasteiger partial charge in [-0.2, -0.15) is 5.26 Å². The first-order valence-corrected chi connectivity index (χ1v) is 7.31. The highest BCUT2D eigenvalue weighted by Gasteiger charge is 2.10. The van der Waals surface area contributed by atoms with Crippen LogP contribution in [0.25, 0.3) is 0 Å². The molecule has 6 heteroatoms. The molecule has 0 aliphatic heterocycles. The second-order valence-electron chi connectivity index (χ2n) is 4.32. The third-order valence-electron chi connectivity index (χ3n) is 2.69. The number of esters is 1. The van der Waals surface area contributed by atoms with Crippen molar-refractivity contribution in [3.05, 3.63) is 65.5 Å². The Bertz CT molecular complexity index is 737. The van der Waals surface area contributed by atoms with Crippen LogP contribution in [0.4, 0.5) is 10.1 Å². The monoisotopic (exact) mass is 328 g/mol. The van der Waals surface area contributed by atoms with Gasteiger partial charge in [-0.05, 0) is 42.5 Å². The Kier molecular flexibility index (Phi) is 7.65. The number of nitriles is 1. The summed E-state index contributed by atoms with van der Waals surface area (Å²) in [6.07, 6.45) is 0. The predicted octanol–water partition coefficient (Wildman–Crippen LogP) is 3.52. The molecule has 0 unspecified atom stereocenters. The number of amides is 1. The maximum Gasteiger partial charge on any atom is 0.338 e. The Balaban J connectivity index is 0.00000139. The summed E-state index contributed by atoms with van der Waals surface area (Å²) in [5.74, 6) is -1.74. The average molecular weight is 328 g/mol. The maximum atomic E-state index is 13.0. The van der Waals surface area contributed by atoms with Gasteiger partial charge < -0.3 is 10.1 Å². The van der Waals surface area contributed by atoms with Gasteiger partial charge in [-0.3, -0.25) is 4.79 Å². The Morgan fingerprint density at radius 3 is 2.42 bits per heavy atom. The number of benzene rings is 2. The number of ether oxygens (including phenoxy) is 1. The molecule has 0 atom stereocenters. The molecule has 0 saturated carbocycles. The summed E-state index contributed by atoms with van der Waals surface area (Å²) < 4.78 is 17.8. The number of carbonyl (C=O) groups is 2. The molecule has 0 saturated heterocycles. The largest absolute Gasteiger partial charge is 0.452 e. The molecule has 2 aromatic carbocycles. The van der Waals surface area contributed by atoms with E-state index in [1.165, 1.54) is 42.5 Å². The summed E-state index contributed by atoms with van der Waals surface area (Å²) in [6, 6.07) is 13.1. The van der Waals surface area contributed by atoms with Crippen molar-refractivity contribution in [3.63, 3.8) is 0 Å². The molecule has 0 bridgehead atoms. The molecule has 2 aromatic rings. The minimum absolute atomic E-state index is 0.234. The average Bonchev–Trinajstić information content (AvgIpc) is 2.61. The van der Waals surface area contributed by atoms with Crippen molar-refractivity contribution >= 4 is 17.6 Å². The van der Waals surface area contributed by atoms with Crippen LogP contribution in [-0.2, 0) is 9.53 Å². The number of hydrogen-bond acceptors (Lipinski definition) is 4. The molecular weight excluding hydrogens is 311 g/mol. The van der Waals surface area contributed by atoms with E-state index in [1.807, 2.05) is 19.9 Å². The van der Waals surface area contributed by atoms with Crippen molar-refractivity contribution in [1.29, 1.82) is 5.26 Å². The van der Waals surface area contributed by atoms with Crippen molar-refractivity contribution in [1.82, 2.24) is 0 Å². The van der Waals surface area contributed by atoms with Crippen LogP contribution in [0.2, 0.25) is 0 Å². The molecule has 0 heterocycles. The lowest BCUT2D eigenvalue weighted by molar-refractivity contribution is -0.119. The van der Waals surface area contributed by atoms with Crippen LogP contribution in [0.5, 0.6) is 0 Å². The molecule has 1 amide bonds. The van der Waals surface area contributed by atoms with Gasteiger partial charge in [0, 0.05) is 5.69 Å².